The zero-order chi connectivity index (χ0) is 29.5. The van der Waals surface area contributed by atoms with Gasteiger partial charge in [0.1, 0.15) is 6.33 Å². The maximum Gasteiger partial charge on any atom is 0.216 e. The second-order valence-electron chi connectivity index (χ2n) is 13.5. The van der Waals surface area contributed by atoms with E-state index in [0.717, 1.165) is 76.3 Å². The van der Waals surface area contributed by atoms with Gasteiger partial charge in [0.2, 0.25) is 10.0 Å². The van der Waals surface area contributed by atoms with Gasteiger partial charge in [-0.3, -0.25) is 19.5 Å². The molecule has 3 saturated heterocycles. The van der Waals surface area contributed by atoms with E-state index >= 15 is 0 Å². The van der Waals surface area contributed by atoms with E-state index in [9.17, 15) is 13.2 Å². The fourth-order valence-corrected chi connectivity index (χ4v) is 8.28. The van der Waals surface area contributed by atoms with Crippen LogP contribution in [0.25, 0.3) is 0 Å². The molecule has 4 heterocycles. The van der Waals surface area contributed by atoms with Crippen LogP contribution in [0, 0.1) is 19.8 Å². The minimum Gasteiger partial charge on any atom is -0.298 e. The van der Waals surface area contributed by atoms with E-state index in [-0.39, 0.29) is 16.6 Å². The first kappa shape index (κ1) is 31.5. The number of piperidine rings is 2. The van der Waals surface area contributed by atoms with Crippen molar-refractivity contribution in [1.82, 2.24) is 29.0 Å². The number of sulfonamides is 1. The molecular weight excluding hydrogens is 524 g/mol. The molecule has 1 aromatic heterocycles. The molecule has 0 spiro atoms. The number of carbonyl (C=O) groups is 1. The van der Waals surface area contributed by atoms with E-state index in [1.165, 1.54) is 6.33 Å². The lowest BCUT2D eigenvalue weighted by Gasteiger charge is -2.53. The summed E-state index contributed by atoms with van der Waals surface area (Å²) in [5.41, 5.74) is 1.71. The van der Waals surface area contributed by atoms with Gasteiger partial charge in [0, 0.05) is 63.9 Å². The molecule has 1 atom stereocenters. The van der Waals surface area contributed by atoms with Crippen LogP contribution < -0.4 is 0 Å². The summed E-state index contributed by atoms with van der Waals surface area (Å²) < 4.78 is 26.8. The summed E-state index contributed by atoms with van der Waals surface area (Å²) in [5, 5.41) is -0.344. The fraction of sp³-hybridized carbons (Fsp3) is 0.833. The van der Waals surface area contributed by atoms with Gasteiger partial charge >= 0.3 is 0 Å². The highest BCUT2D eigenvalue weighted by Crippen LogP contribution is 2.35. The lowest BCUT2D eigenvalue weighted by Crippen LogP contribution is -2.64. The Morgan fingerprint density at radius 2 is 1.60 bits per heavy atom. The van der Waals surface area contributed by atoms with E-state index in [4.69, 9.17) is 0 Å². The van der Waals surface area contributed by atoms with Crippen LogP contribution in [0.5, 0.6) is 0 Å². The van der Waals surface area contributed by atoms with Crippen molar-refractivity contribution in [2.24, 2.45) is 5.92 Å². The molecule has 0 aromatic carbocycles. The summed E-state index contributed by atoms with van der Waals surface area (Å²) in [7, 11) is -3.14. The summed E-state index contributed by atoms with van der Waals surface area (Å²) >= 11 is 0. The van der Waals surface area contributed by atoms with Crippen molar-refractivity contribution in [1.29, 1.82) is 0 Å². The van der Waals surface area contributed by atoms with Crippen molar-refractivity contribution in [3.8, 4) is 0 Å². The Morgan fingerprint density at radius 1 is 1.02 bits per heavy atom. The smallest absolute Gasteiger partial charge is 0.216 e. The molecule has 0 bridgehead atoms. The Balaban J connectivity index is 1.29. The molecule has 3 fully saturated rings. The number of hydrogen-bond acceptors (Lipinski definition) is 8. The Kier molecular flexibility index (Phi) is 9.47. The monoisotopic (exact) mass is 576 g/mol. The second kappa shape index (κ2) is 12.0. The van der Waals surface area contributed by atoms with E-state index in [1.54, 1.807) is 18.2 Å². The standard InChI is InChI=1S/C30H52N6O3S/c1-22(2)40(38,39)36-13-9-26(10-14-36)20-33-17-18-35(19-23(33)3)30(8)11-15-34(16-12-30)29(6,7)28(37)27-24(4)31-21-32-25(27)5/h21-23,26H,9-20H2,1-8H3/t23-/m0/s1. The summed E-state index contributed by atoms with van der Waals surface area (Å²) in [6.45, 7) is 23.5. The van der Waals surface area contributed by atoms with Crippen molar-refractivity contribution in [2.75, 3.05) is 52.4 Å². The molecule has 9 nitrogen and oxygen atoms in total. The number of rotatable bonds is 8. The van der Waals surface area contributed by atoms with Crippen LogP contribution in [0.3, 0.4) is 0 Å². The molecular formula is C30H52N6O3S. The van der Waals surface area contributed by atoms with Gasteiger partial charge in [-0.1, -0.05) is 0 Å². The molecule has 0 unspecified atom stereocenters. The Labute approximate surface area is 242 Å². The van der Waals surface area contributed by atoms with Gasteiger partial charge in [0.05, 0.1) is 27.7 Å². The number of Topliss-reactive ketones (excluding diaryl/α,β-unsaturated/α-hetero) is 1. The second-order valence-corrected chi connectivity index (χ2v) is 16.0. The van der Waals surface area contributed by atoms with Crippen molar-refractivity contribution < 1.29 is 13.2 Å². The normalized spacial score (nSPS) is 25.0. The third kappa shape index (κ3) is 6.31. The van der Waals surface area contributed by atoms with Gasteiger partial charge in [-0.25, -0.2) is 22.7 Å². The van der Waals surface area contributed by atoms with E-state index in [0.29, 0.717) is 30.6 Å². The predicted octanol–water partition coefficient (Wildman–Crippen LogP) is 3.37. The van der Waals surface area contributed by atoms with Crippen LogP contribution in [-0.4, -0.2) is 118 Å². The number of likely N-dealkylation sites (tertiary alicyclic amines) is 1. The fourth-order valence-electron chi connectivity index (χ4n) is 6.97. The number of nitrogens with zero attached hydrogens (tertiary/aromatic N) is 6. The van der Waals surface area contributed by atoms with Crippen molar-refractivity contribution >= 4 is 15.8 Å². The lowest BCUT2D eigenvalue weighted by atomic mass is 9.82. The molecule has 0 aliphatic carbocycles. The average Bonchev–Trinajstić information content (AvgIpc) is 2.90. The third-order valence-corrected chi connectivity index (χ3v) is 12.5. The van der Waals surface area contributed by atoms with Gasteiger partial charge in [0.25, 0.3) is 0 Å². The van der Waals surface area contributed by atoms with Crippen molar-refractivity contribution in [3.63, 3.8) is 0 Å². The topological polar surface area (TPSA) is 90.0 Å². The Morgan fingerprint density at radius 3 is 2.12 bits per heavy atom. The molecule has 0 saturated carbocycles. The molecule has 0 amide bonds. The van der Waals surface area contributed by atoms with Crippen LogP contribution in [0.4, 0.5) is 0 Å². The highest BCUT2D eigenvalue weighted by atomic mass is 32.2. The van der Waals surface area contributed by atoms with Gasteiger partial charge < -0.3 is 0 Å². The number of ketones is 1. The van der Waals surface area contributed by atoms with Gasteiger partial charge in [0.15, 0.2) is 5.78 Å². The summed E-state index contributed by atoms with van der Waals surface area (Å²) in [6.07, 6.45) is 5.53. The minimum absolute atomic E-state index is 0.113. The molecule has 1 aromatic rings. The quantitative estimate of drug-likeness (QED) is 0.436. The van der Waals surface area contributed by atoms with Crippen LogP contribution in [0.15, 0.2) is 6.33 Å². The Bertz CT molecular complexity index is 1130. The molecule has 3 aliphatic rings. The molecule has 40 heavy (non-hydrogen) atoms. The number of aryl methyl sites for hydroxylation is 2. The summed E-state index contributed by atoms with van der Waals surface area (Å²) in [5.74, 6) is 0.676. The first-order valence-corrected chi connectivity index (χ1v) is 16.7. The lowest BCUT2D eigenvalue weighted by molar-refractivity contribution is -0.0365. The first-order chi connectivity index (χ1) is 18.7. The van der Waals surface area contributed by atoms with E-state index in [2.05, 4.69) is 38.5 Å². The molecule has 3 aliphatic heterocycles. The minimum atomic E-state index is -3.14. The van der Waals surface area contributed by atoms with Gasteiger partial charge in [-0.05, 0) is 87.0 Å². The van der Waals surface area contributed by atoms with Crippen LogP contribution in [-0.2, 0) is 10.0 Å². The number of hydrogen-bond donors (Lipinski definition) is 0. The predicted molar refractivity (Wildman–Crippen MR) is 160 cm³/mol. The zero-order valence-corrected chi connectivity index (χ0v) is 26.9. The summed E-state index contributed by atoms with van der Waals surface area (Å²) in [6, 6.07) is 0.475. The van der Waals surface area contributed by atoms with Crippen LogP contribution in [0.1, 0.15) is 89.0 Å². The van der Waals surface area contributed by atoms with Crippen molar-refractivity contribution in [2.45, 2.75) is 103 Å². The van der Waals surface area contributed by atoms with E-state index in [1.807, 2.05) is 27.7 Å². The SMILES string of the molecule is Cc1ncnc(C)c1C(=O)C(C)(C)N1CCC(C)(N2CCN(CC3CCN(S(=O)(=O)C(C)C)CC3)[C@@H](C)C2)CC1. The molecule has 10 heteroatoms. The maximum atomic E-state index is 13.6. The van der Waals surface area contributed by atoms with Crippen molar-refractivity contribution in [3.05, 3.63) is 23.3 Å². The number of piperazine rings is 1. The average molecular weight is 577 g/mol. The molecule has 0 N–H and O–H groups in total. The number of carbonyl (C=O) groups excluding carboxylic acids is 1. The van der Waals surface area contributed by atoms with Gasteiger partial charge in [-0.2, -0.15) is 0 Å². The highest BCUT2D eigenvalue weighted by molar-refractivity contribution is 7.89. The van der Waals surface area contributed by atoms with Crippen LogP contribution >= 0.6 is 0 Å². The number of aromatic nitrogens is 2. The van der Waals surface area contributed by atoms with Crippen LogP contribution in [0.2, 0.25) is 0 Å². The van der Waals surface area contributed by atoms with Gasteiger partial charge in [-0.15, -0.1) is 0 Å². The molecule has 0 radical (unpaired) electrons. The molecule has 226 valence electrons. The summed E-state index contributed by atoms with van der Waals surface area (Å²) in [4.78, 5) is 29.9. The Hall–Kier alpha value is -1.46. The van der Waals surface area contributed by atoms with E-state index < -0.39 is 15.6 Å². The highest BCUT2D eigenvalue weighted by Gasteiger charge is 2.44. The largest absolute Gasteiger partial charge is 0.298 e. The molecule has 4 rings (SSSR count). The maximum absolute atomic E-state index is 13.6. The first-order valence-electron chi connectivity index (χ1n) is 15.2. The third-order valence-electron chi connectivity index (χ3n) is 10.2. The zero-order valence-electron chi connectivity index (χ0n) is 26.1.